The van der Waals surface area contributed by atoms with Crippen LogP contribution in [0.5, 0.6) is 0 Å². The predicted octanol–water partition coefficient (Wildman–Crippen LogP) is -2.31. The highest BCUT2D eigenvalue weighted by Crippen LogP contribution is 1.93. The average molecular weight is 186 g/mol. The normalized spacial score (nSPS) is 29.4. The van der Waals surface area contributed by atoms with Gasteiger partial charge >= 0.3 is 0 Å². The van der Waals surface area contributed by atoms with Crippen LogP contribution in [0.2, 0.25) is 0 Å². The van der Waals surface area contributed by atoms with Gasteiger partial charge in [0.15, 0.2) is 6.17 Å². The lowest BCUT2D eigenvalue weighted by atomic mass is 10.3. The summed E-state index contributed by atoms with van der Waals surface area (Å²) in [6.07, 6.45) is 1.78. The Kier molecular flexibility index (Phi) is 3.69. The first-order valence-electron chi connectivity index (χ1n) is 4.92. The van der Waals surface area contributed by atoms with Gasteiger partial charge in [0, 0.05) is 0 Å². The number of hydrogen-bond donors (Lipinski definition) is 1. The molecule has 0 bridgehead atoms. The first-order valence-corrected chi connectivity index (χ1v) is 4.92. The SMILES string of the molecule is CCCC[NH+]1CCN(C)C1C(=O)[O-]. The molecule has 4 nitrogen and oxygen atoms in total. The number of hydrogen-bond acceptors (Lipinski definition) is 3. The largest absolute Gasteiger partial charge is 0.543 e. The molecule has 1 saturated heterocycles. The molecule has 1 fully saturated rings. The smallest absolute Gasteiger partial charge is 0.184 e. The maximum absolute atomic E-state index is 10.8. The van der Waals surface area contributed by atoms with E-state index in [0.29, 0.717) is 0 Å². The summed E-state index contributed by atoms with van der Waals surface area (Å²) < 4.78 is 0. The number of nitrogens with one attached hydrogen (secondary N) is 1. The second kappa shape index (κ2) is 4.58. The van der Waals surface area contributed by atoms with Gasteiger partial charge in [-0.15, -0.1) is 0 Å². The maximum atomic E-state index is 10.8. The van der Waals surface area contributed by atoms with Crippen molar-refractivity contribution in [1.82, 2.24) is 4.90 Å². The molecule has 1 rings (SSSR count). The van der Waals surface area contributed by atoms with Gasteiger partial charge in [-0.1, -0.05) is 13.3 Å². The van der Waals surface area contributed by atoms with Crippen molar-refractivity contribution in [2.75, 3.05) is 26.7 Å². The van der Waals surface area contributed by atoms with E-state index in [9.17, 15) is 9.90 Å². The quantitative estimate of drug-likeness (QED) is 0.537. The molecule has 13 heavy (non-hydrogen) atoms. The van der Waals surface area contributed by atoms with Crippen molar-refractivity contribution in [2.45, 2.75) is 25.9 Å². The lowest BCUT2D eigenvalue weighted by Crippen LogP contribution is -3.16. The monoisotopic (exact) mass is 186 g/mol. The molecule has 0 aromatic rings. The van der Waals surface area contributed by atoms with Gasteiger partial charge in [-0.2, -0.15) is 0 Å². The Bertz CT molecular complexity index is 184. The Labute approximate surface area is 79.1 Å². The first-order chi connectivity index (χ1) is 6.16. The molecule has 1 N–H and O–H groups in total. The molecule has 1 aliphatic rings. The highest BCUT2D eigenvalue weighted by atomic mass is 16.4. The second-order valence-electron chi connectivity index (χ2n) is 3.71. The van der Waals surface area contributed by atoms with Crippen LogP contribution in [0.1, 0.15) is 19.8 Å². The molecule has 2 unspecified atom stereocenters. The maximum Gasteiger partial charge on any atom is 0.184 e. The molecule has 0 radical (unpaired) electrons. The second-order valence-corrected chi connectivity index (χ2v) is 3.71. The molecule has 0 aromatic heterocycles. The average Bonchev–Trinajstić information content (AvgIpc) is 2.43. The van der Waals surface area contributed by atoms with Gasteiger partial charge in [0.25, 0.3) is 0 Å². The van der Waals surface area contributed by atoms with Gasteiger partial charge in [-0.3, -0.25) is 0 Å². The number of quaternary nitrogens is 1. The Morgan fingerprint density at radius 3 is 2.92 bits per heavy atom. The lowest BCUT2D eigenvalue weighted by molar-refractivity contribution is -0.911. The zero-order chi connectivity index (χ0) is 9.84. The van der Waals surface area contributed by atoms with Crippen LogP contribution in [0.15, 0.2) is 0 Å². The summed E-state index contributed by atoms with van der Waals surface area (Å²) in [5.41, 5.74) is 0. The van der Waals surface area contributed by atoms with E-state index in [1.807, 2.05) is 11.9 Å². The fourth-order valence-electron chi connectivity index (χ4n) is 1.91. The molecule has 0 aromatic carbocycles. The van der Waals surface area contributed by atoms with E-state index < -0.39 is 12.1 Å². The van der Waals surface area contributed by atoms with Gasteiger partial charge in [0.05, 0.1) is 19.6 Å². The van der Waals surface area contributed by atoms with E-state index in [2.05, 4.69) is 6.92 Å². The minimum absolute atomic E-state index is 0.424. The Morgan fingerprint density at radius 2 is 2.38 bits per heavy atom. The zero-order valence-corrected chi connectivity index (χ0v) is 8.38. The standard InChI is InChI=1S/C9H18N2O2/c1-3-4-5-11-7-6-10(2)8(11)9(12)13/h8H,3-7H2,1-2H3,(H,12,13). The van der Waals surface area contributed by atoms with E-state index in [1.54, 1.807) is 0 Å². The Hall–Kier alpha value is -0.610. The molecular weight excluding hydrogens is 168 g/mol. The van der Waals surface area contributed by atoms with Crippen molar-refractivity contribution in [3.05, 3.63) is 0 Å². The Balaban J connectivity index is 2.49. The lowest BCUT2D eigenvalue weighted by Gasteiger charge is -2.25. The first kappa shape index (κ1) is 10.5. The van der Waals surface area contributed by atoms with Gasteiger partial charge in [-0.25, -0.2) is 4.90 Å². The number of aliphatic carboxylic acids is 1. The summed E-state index contributed by atoms with van der Waals surface area (Å²) in [5.74, 6) is -0.939. The third-order valence-corrected chi connectivity index (χ3v) is 2.69. The fraction of sp³-hybridized carbons (Fsp3) is 0.889. The molecule has 0 amide bonds. The van der Waals surface area contributed by atoms with Crippen molar-refractivity contribution in [1.29, 1.82) is 0 Å². The number of likely N-dealkylation sites (N-methyl/N-ethyl adjacent to an activating group) is 1. The van der Waals surface area contributed by atoms with Crippen molar-refractivity contribution in [3.8, 4) is 0 Å². The van der Waals surface area contributed by atoms with Crippen LogP contribution in [-0.4, -0.2) is 43.7 Å². The third kappa shape index (κ3) is 2.42. The summed E-state index contributed by atoms with van der Waals surface area (Å²) in [5, 5.41) is 10.8. The third-order valence-electron chi connectivity index (χ3n) is 2.69. The highest BCUT2D eigenvalue weighted by Gasteiger charge is 2.33. The number of carbonyl (C=O) groups excluding carboxylic acids is 1. The molecule has 4 heteroatoms. The van der Waals surface area contributed by atoms with Crippen LogP contribution in [0.4, 0.5) is 0 Å². The molecule has 76 valence electrons. The van der Waals surface area contributed by atoms with Crippen LogP contribution >= 0.6 is 0 Å². The van der Waals surface area contributed by atoms with Gasteiger partial charge in [0.2, 0.25) is 0 Å². The van der Waals surface area contributed by atoms with Crippen LogP contribution in [0.25, 0.3) is 0 Å². The fourth-order valence-corrected chi connectivity index (χ4v) is 1.91. The predicted molar refractivity (Wildman–Crippen MR) is 47.0 cm³/mol. The number of carboxylic acids is 1. The highest BCUT2D eigenvalue weighted by molar-refractivity contribution is 5.69. The van der Waals surface area contributed by atoms with E-state index in [1.165, 1.54) is 0 Å². The molecular formula is C9H18N2O2. The number of unbranched alkanes of at least 4 members (excludes halogenated alkanes) is 1. The number of carbonyl (C=O) groups is 1. The van der Waals surface area contributed by atoms with E-state index in [-0.39, 0.29) is 0 Å². The molecule has 1 aliphatic heterocycles. The van der Waals surface area contributed by atoms with Gasteiger partial charge < -0.3 is 14.8 Å². The van der Waals surface area contributed by atoms with Crippen molar-refractivity contribution >= 4 is 5.97 Å². The molecule has 0 spiro atoms. The van der Waals surface area contributed by atoms with Crippen molar-refractivity contribution in [2.24, 2.45) is 0 Å². The van der Waals surface area contributed by atoms with Gasteiger partial charge in [-0.05, 0) is 13.5 Å². The summed E-state index contributed by atoms with van der Waals surface area (Å²) in [7, 11) is 1.85. The summed E-state index contributed by atoms with van der Waals surface area (Å²) in [6.45, 7) is 4.85. The number of carboxylic acid groups (broad SMARTS) is 1. The minimum atomic E-state index is -0.939. The van der Waals surface area contributed by atoms with Crippen molar-refractivity contribution < 1.29 is 14.8 Å². The van der Waals surface area contributed by atoms with Crippen LogP contribution in [-0.2, 0) is 4.79 Å². The summed E-state index contributed by atoms with van der Waals surface area (Å²) in [4.78, 5) is 13.8. The summed E-state index contributed by atoms with van der Waals surface area (Å²) in [6, 6.07) is 0. The topological polar surface area (TPSA) is 47.8 Å². The van der Waals surface area contributed by atoms with Crippen LogP contribution in [0.3, 0.4) is 0 Å². The van der Waals surface area contributed by atoms with Crippen LogP contribution in [0, 0.1) is 0 Å². The Morgan fingerprint density at radius 1 is 1.69 bits per heavy atom. The zero-order valence-electron chi connectivity index (χ0n) is 8.38. The molecule has 0 aliphatic carbocycles. The number of rotatable bonds is 4. The van der Waals surface area contributed by atoms with Crippen LogP contribution < -0.4 is 10.0 Å². The summed E-state index contributed by atoms with van der Waals surface area (Å²) >= 11 is 0. The van der Waals surface area contributed by atoms with E-state index in [0.717, 1.165) is 37.4 Å². The molecule has 0 saturated carbocycles. The van der Waals surface area contributed by atoms with E-state index >= 15 is 0 Å². The van der Waals surface area contributed by atoms with Gasteiger partial charge in [0.1, 0.15) is 5.97 Å². The minimum Gasteiger partial charge on any atom is -0.543 e. The molecule has 2 atom stereocenters. The van der Waals surface area contributed by atoms with Crippen molar-refractivity contribution in [3.63, 3.8) is 0 Å². The molecule has 1 heterocycles. The van der Waals surface area contributed by atoms with E-state index in [4.69, 9.17) is 0 Å². The number of nitrogens with zero attached hydrogens (tertiary/aromatic N) is 1.